The number of hydrogen-bond acceptors (Lipinski definition) is 3. The number of esters is 1. The zero-order valence-electron chi connectivity index (χ0n) is 11.6. The van der Waals surface area contributed by atoms with E-state index in [1.165, 1.54) is 0 Å². The van der Waals surface area contributed by atoms with Gasteiger partial charge in [-0.05, 0) is 30.9 Å². The highest BCUT2D eigenvalue weighted by Gasteiger charge is 2.09. The Bertz CT molecular complexity index is 550. The van der Waals surface area contributed by atoms with Crippen LogP contribution in [0.3, 0.4) is 0 Å². The lowest BCUT2D eigenvalue weighted by Gasteiger charge is -2.08. The van der Waals surface area contributed by atoms with E-state index in [0.717, 1.165) is 24.0 Å². The number of carbonyl (C=O) groups is 2. The summed E-state index contributed by atoms with van der Waals surface area (Å²) in [6.07, 6.45) is 8.00. The lowest BCUT2D eigenvalue weighted by Crippen LogP contribution is -2.07. The fraction of sp³-hybridized carbons (Fsp3) is 0.294. The summed E-state index contributed by atoms with van der Waals surface area (Å²) in [7, 11) is 0. The van der Waals surface area contributed by atoms with Crippen LogP contribution in [-0.4, -0.2) is 11.8 Å². The van der Waals surface area contributed by atoms with Crippen molar-refractivity contribution in [1.29, 1.82) is 0 Å². The number of allylic oxidation sites excluding steroid dienone is 2. The van der Waals surface area contributed by atoms with Gasteiger partial charge < -0.3 is 4.74 Å². The van der Waals surface area contributed by atoms with Crippen molar-refractivity contribution in [2.75, 3.05) is 0 Å². The lowest BCUT2D eigenvalue weighted by atomic mass is 10.1. The van der Waals surface area contributed by atoms with Crippen LogP contribution in [0.1, 0.15) is 30.9 Å². The van der Waals surface area contributed by atoms with Crippen LogP contribution in [0, 0.1) is 0 Å². The predicted octanol–water partition coefficient (Wildman–Crippen LogP) is 3.14. The highest BCUT2D eigenvalue weighted by molar-refractivity contribution is 5.91. The van der Waals surface area contributed by atoms with Gasteiger partial charge in [0.15, 0.2) is 0 Å². The molecule has 0 spiro atoms. The average Bonchev–Trinajstić information content (AvgIpc) is 2.46. The molecule has 0 atom stereocenters. The van der Waals surface area contributed by atoms with Gasteiger partial charge in [0.1, 0.15) is 12.4 Å². The predicted molar refractivity (Wildman–Crippen MR) is 77.1 cm³/mol. The monoisotopic (exact) mass is 270 g/mol. The van der Waals surface area contributed by atoms with Gasteiger partial charge in [0.05, 0.1) is 5.57 Å². The van der Waals surface area contributed by atoms with Crippen LogP contribution in [0.25, 0.3) is 0 Å². The average molecular weight is 270 g/mol. The van der Waals surface area contributed by atoms with Gasteiger partial charge in [-0.2, -0.15) is 0 Å². The summed E-state index contributed by atoms with van der Waals surface area (Å²) in [5.74, 6) is -0.144. The maximum atomic E-state index is 11.8. The molecule has 1 aromatic rings. The van der Waals surface area contributed by atoms with E-state index in [9.17, 15) is 9.59 Å². The quantitative estimate of drug-likeness (QED) is 0.772. The highest BCUT2D eigenvalue weighted by atomic mass is 16.5. The molecule has 2 rings (SSSR count). The Balaban J connectivity index is 1.87. The molecular formula is C17H18O3. The van der Waals surface area contributed by atoms with E-state index in [0.29, 0.717) is 12.0 Å². The largest absolute Gasteiger partial charge is 0.457 e. The molecule has 1 aliphatic rings. The lowest BCUT2D eigenvalue weighted by molar-refractivity contribution is -0.139. The van der Waals surface area contributed by atoms with Crippen molar-refractivity contribution in [3.05, 3.63) is 59.2 Å². The maximum absolute atomic E-state index is 11.8. The Kier molecular flexibility index (Phi) is 4.88. The molecule has 3 nitrogen and oxygen atoms in total. The first-order valence-corrected chi connectivity index (χ1v) is 6.76. The van der Waals surface area contributed by atoms with E-state index in [2.05, 4.69) is 0 Å². The van der Waals surface area contributed by atoms with Crippen molar-refractivity contribution in [2.45, 2.75) is 32.8 Å². The Hall–Kier alpha value is -2.16. The molecule has 0 saturated heterocycles. The highest BCUT2D eigenvalue weighted by Crippen LogP contribution is 2.13. The van der Waals surface area contributed by atoms with Gasteiger partial charge in [-0.3, -0.25) is 4.79 Å². The van der Waals surface area contributed by atoms with Crippen LogP contribution in [-0.2, 0) is 27.4 Å². The zero-order chi connectivity index (χ0) is 14.4. The molecule has 0 amide bonds. The van der Waals surface area contributed by atoms with Crippen LogP contribution >= 0.6 is 0 Å². The zero-order valence-corrected chi connectivity index (χ0v) is 11.6. The molecule has 0 aliphatic heterocycles. The van der Waals surface area contributed by atoms with E-state index in [4.69, 9.17) is 4.74 Å². The van der Waals surface area contributed by atoms with Crippen molar-refractivity contribution in [3.8, 4) is 0 Å². The molecule has 0 fully saturated rings. The van der Waals surface area contributed by atoms with Gasteiger partial charge in [0.2, 0.25) is 0 Å². The third kappa shape index (κ3) is 4.19. The molecule has 0 aromatic heterocycles. The Morgan fingerprint density at radius 2 is 1.80 bits per heavy atom. The number of ketones is 1. The van der Waals surface area contributed by atoms with Gasteiger partial charge >= 0.3 is 5.97 Å². The minimum Gasteiger partial charge on any atom is -0.457 e. The second-order valence-electron chi connectivity index (χ2n) is 4.91. The van der Waals surface area contributed by atoms with E-state index in [1.807, 2.05) is 42.5 Å². The standard InChI is InChI=1S/C17H18O3/c1-13(18)11-14-7-9-15(10-8-14)12-20-17(19)16-5-3-2-4-6-16/h3,5-10H,2,4,11-12H2,1H3. The molecule has 0 heterocycles. The summed E-state index contributed by atoms with van der Waals surface area (Å²) in [6, 6.07) is 7.56. The first kappa shape index (κ1) is 14.3. The van der Waals surface area contributed by atoms with Crippen molar-refractivity contribution in [3.63, 3.8) is 0 Å². The maximum Gasteiger partial charge on any atom is 0.338 e. The Morgan fingerprint density at radius 1 is 1.10 bits per heavy atom. The fourth-order valence-corrected chi connectivity index (χ4v) is 2.04. The molecule has 1 aromatic carbocycles. The topological polar surface area (TPSA) is 43.4 Å². The van der Waals surface area contributed by atoms with Gasteiger partial charge in [0, 0.05) is 6.42 Å². The van der Waals surface area contributed by atoms with Crippen LogP contribution in [0.2, 0.25) is 0 Å². The first-order valence-electron chi connectivity index (χ1n) is 6.76. The summed E-state index contributed by atoms with van der Waals surface area (Å²) in [6.45, 7) is 1.82. The summed E-state index contributed by atoms with van der Waals surface area (Å²) < 4.78 is 5.26. The molecule has 3 heteroatoms. The molecule has 1 aliphatic carbocycles. The van der Waals surface area contributed by atoms with Gasteiger partial charge in [0.25, 0.3) is 0 Å². The van der Waals surface area contributed by atoms with Crippen molar-refractivity contribution < 1.29 is 14.3 Å². The molecule has 104 valence electrons. The van der Waals surface area contributed by atoms with E-state index < -0.39 is 0 Å². The minimum absolute atomic E-state index is 0.139. The number of ether oxygens (including phenoxy) is 1. The van der Waals surface area contributed by atoms with E-state index in [1.54, 1.807) is 6.92 Å². The second kappa shape index (κ2) is 6.85. The summed E-state index contributed by atoms with van der Waals surface area (Å²) >= 11 is 0. The summed E-state index contributed by atoms with van der Waals surface area (Å²) in [4.78, 5) is 22.8. The number of rotatable bonds is 5. The van der Waals surface area contributed by atoms with Crippen LogP contribution in [0.4, 0.5) is 0 Å². The summed E-state index contributed by atoms with van der Waals surface area (Å²) in [5.41, 5.74) is 2.53. The van der Waals surface area contributed by atoms with Gasteiger partial charge in [-0.25, -0.2) is 4.79 Å². The van der Waals surface area contributed by atoms with Gasteiger partial charge in [-0.1, -0.05) is 42.5 Å². The molecule has 20 heavy (non-hydrogen) atoms. The van der Waals surface area contributed by atoms with Crippen LogP contribution < -0.4 is 0 Å². The number of Topliss-reactive ketones (excluding diaryl/α,β-unsaturated/α-hetero) is 1. The van der Waals surface area contributed by atoms with Crippen molar-refractivity contribution >= 4 is 11.8 Å². The van der Waals surface area contributed by atoms with Crippen molar-refractivity contribution in [2.24, 2.45) is 0 Å². The smallest absolute Gasteiger partial charge is 0.338 e. The van der Waals surface area contributed by atoms with Gasteiger partial charge in [-0.15, -0.1) is 0 Å². The Morgan fingerprint density at radius 3 is 2.40 bits per heavy atom. The Labute approximate surface area is 118 Å². The fourth-order valence-electron chi connectivity index (χ4n) is 2.04. The first-order chi connectivity index (χ1) is 9.65. The number of hydrogen-bond donors (Lipinski definition) is 0. The van der Waals surface area contributed by atoms with Crippen molar-refractivity contribution in [1.82, 2.24) is 0 Å². The molecular weight excluding hydrogens is 252 g/mol. The minimum atomic E-state index is -0.284. The summed E-state index contributed by atoms with van der Waals surface area (Å²) in [5, 5.41) is 0. The molecule has 0 radical (unpaired) electrons. The van der Waals surface area contributed by atoms with Crippen LogP contribution in [0.5, 0.6) is 0 Å². The SMILES string of the molecule is CC(=O)Cc1ccc(COC(=O)C2=CCCC=C2)cc1. The normalized spacial score (nSPS) is 13.8. The molecule has 0 N–H and O–H groups in total. The van der Waals surface area contributed by atoms with E-state index in [-0.39, 0.29) is 18.4 Å². The van der Waals surface area contributed by atoms with Crippen LogP contribution in [0.15, 0.2) is 48.1 Å². The number of benzene rings is 1. The second-order valence-corrected chi connectivity index (χ2v) is 4.91. The molecule has 0 bridgehead atoms. The molecule has 0 unspecified atom stereocenters. The third-order valence-electron chi connectivity index (χ3n) is 3.08. The van der Waals surface area contributed by atoms with E-state index >= 15 is 0 Å². The third-order valence-corrected chi connectivity index (χ3v) is 3.08. The molecule has 0 saturated carbocycles. The number of carbonyl (C=O) groups excluding carboxylic acids is 2.